The lowest BCUT2D eigenvalue weighted by atomic mass is 9.96. The Morgan fingerprint density at radius 3 is 2.77 bits per heavy atom. The summed E-state index contributed by atoms with van der Waals surface area (Å²) in [6.45, 7) is 5.94. The highest BCUT2D eigenvalue weighted by molar-refractivity contribution is 7.98. The first-order chi connectivity index (χ1) is 14.3. The summed E-state index contributed by atoms with van der Waals surface area (Å²) < 4.78 is 24.7. The molecule has 10 heteroatoms. The summed E-state index contributed by atoms with van der Waals surface area (Å²) in [5.74, 6) is 2.90. The van der Waals surface area contributed by atoms with Crippen molar-refractivity contribution in [2.24, 2.45) is 11.7 Å². The third-order valence-corrected chi connectivity index (χ3v) is 5.06. The number of nitrogens with zero attached hydrogens (tertiary/aromatic N) is 4. The monoisotopic (exact) mass is 437 g/mol. The van der Waals surface area contributed by atoms with Gasteiger partial charge in [-0.25, -0.2) is 23.7 Å². The number of H-pyrrole nitrogens is 1. The third-order valence-electron chi connectivity index (χ3n) is 4.48. The predicted molar refractivity (Wildman–Crippen MR) is 120 cm³/mol. The van der Waals surface area contributed by atoms with Gasteiger partial charge < -0.3 is 15.6 Å². The Morgan fingerprint density at radius 1 is 1.40 bits per heavy atom. The van der Waals surface area contributed by atoms with Gasteiger partial charge in [0.1, 0.15) is 18.0 Å². The molecule has 2 unspecified atom stereocenters. The van der Waals surface area contributed by atoms with E-state index in [1.165, 1.54) is 18.2 Å². The second-order valence-corrected chi connectivity index (χ2v) is 8.27. The fourth-order valence-corrected chi connectivity index (χ4v) is 3.05. The number of nitrogens with two attached hydrogens (primary N) is 1. The highest BCUT2D eigenvalue weighted by Crippen LogP contribution is 2.24. The van der Waals surface area contributed by atoms with Gasteiger partial charge in [-0.05, 0) is 36.5 Å². The predicted octanol–water partition coefficient (Wildman–Crippen LogP) is 3.71. The van der Waals surface area contributed by atoms with Crippen LogP contribution in [0.5, 0.6) is 0 Å². The van der Waals surface area contributed by atoms with Gasteiger partial charge >= 0.3 is 0 Å². The number of alkyl halides is 2. The quantitative estimate of drug-likeness (QED) is 0.595. The smallest absolute Gasteiger partial charge is 0.279 e. The van der Waals surface area contributed by atoms with Gasteiger partial charge in [0.25, 0.3) is 6.43 Å². The van der Waals surface area contributed by atoms with Crippen LogP contribution in [0.25, 0.3) is 17.5 Å². The zero-order chi connectivity index (χ0) is 22.1. The number of rotatable bonds is 6. The molecular formula is C20H29F2N7S. The first-order valence-corrected chi connectivity index (χ1v) is 11.1. The molecule has 7 nitrogen and oxygen atoms in total. The van der Waals surface area contributed by atoms with Crippen LogP contribution >= 0.6 is 11.8 Å². The summed E-state index contributed by atoms with van der Waals surface area (Å²) in [6.07, 6.45) is 5.71. The number of nitrogens with one attached hydrogen (secondary N) is 2. The van der Waals surface area contributed by atoms with Crippen LogP contribution in [0.4, 0.5) is 14.6 Å². The topological polar surface area (TPSA) is 108 Å². The molecule has 3 heterocycles. The normalized spacial score (nSPS) is 19.1. The van der Waals surface area contributed by atoms with Crippen LogP contribution < -0.4 is 10.6 Å². The minimum Gasteiger partial charge on any atom is -0.355 e. The molecule has 1 fully saturated rings. The second-order valence-electron chi connectivity index (χ2n) is 7.12. The van der Waals surface area contributed by atoms with Crippen molar-refractivity contribution in [2.45, 2.75) is 32.7 Å². The van der Waals surface area contributed by atoms with Crippen molar-refractivity contribution in [2.75, 3.05) is 30.0 Å². The van der Waals surface area contributed by atoms with Crippen LogP contribution in [0.15, 0.2) is 24.7 Å². The van der Waals surface area contributed by atoms with Gasteiger partial charge in [0.2, 0.25) is 0 Å². The van der Waals surface area contributed by atoms with E-state index in [0.29, 0.717) is 23.1 Å². The molecule has 1 saturated heterocycles. The maximum atomic E-state index is 12.3. The van der Waals surface area contributed by atoms with Crippen molar-refractivity contribution < 1.29 is 8.78 Å². The van der Waals surface area contributed by atoms with Crippen LogP contribution in [0.3, 0.4) is 0 Å². The zero-order valence-electron chi connectivity index (χ0n) is 17.5. The molecular weight excluding hydrogens is 408 g/mol. The van der Waals surface area contributed by atoms with Crippen molar-refractivity contribution in [1.29, 1.82) is 5.41 Å². The number of imidazole rings is 1. The number of anilines is 1. The maximum Gasteiger partial charge on any atom is 0.279 e. The minimum absolute atomic E-state index is 0.117. The number of hydrogen-bond acceptors (Lipinski definition) is 7. The fourth-order valence-electron chi connectivity index (χ4n) is 3.05. The number of aromatic nitrogens is 4. The SMILES string of the molecule is CC1CC(N)CN(c2cc(-c3cnc(/C=C\C(=N)C(F)F)[nH]3)ncn2)C1.CCSC. The average molecular weight is 438 g/mol. The van der Waals surface area contributed by atoms with Crippen LogP contribution in [0.1, 0.15) is 26.1 Å². The standard InChI is InChI=1S/C17H21F2N7.C3H8S/c1-10-4-11(20)8-26(7-10)16-5-13(23-9-24-16)14-6-22-15(25-14)3-2-12(21)17(18)19;1-3-4-2/h2-3,5-6,9-11,17,21H,4,7-8,20H2,1H3,(H,22,25);3H2,1-2H3/b3-2-,21-12?;. The highest BCUT2D eigenvalue weighted by atomic mass is 32.2. The summed E-state index contributed by atoms with van der Waals surface area (Å²) in [6, 6.07) is 1.97. The van der Waals surface area contributed by atoms with E-state index in [1.54, 1.807) is 6.20 Å². The van der Waals surface area contributed by atoms with E-state index in [9.17, 15) is 8.78 Å². The van der Waals surface area contributed by atoms with Crippen molar-refractivity contribution in [3.63, 3.8) is 0 Å². The highest BCUT2D eigenvalue weighted by Gasteiger charge is 2.23. The Labute approximate surface area is 180 Å². The molecule has 1 aliphatic rings. The summed E-state index contributed by atoms with van der Waals surface area (Å²) in [5, 5.41) is 7.12. The number of hydrogen-bond donors (Lipinski definition) is 3. The first kappa shape index (κ1) is 23.9. The number of allylic oxidation sites excluding steroid dienone is 1. The van der Waals surface area contributed by atoms with Gasteiger partial charge in [-0.1, -0.05) is 13.8 Å². The second kappa shape index (κ2) is 11.8. The molecule has 4 N–H and O–H groups in total. The van der Waals surface area contributed by atoms with Gasteiger partial charge in [0.15, 0.2) is 0 Å². The molecule has 0 saturated carbocycles. The minimum atomic E-state index is -2.80. The van der Waals surface area contributed by atoms with E-state index in [4.69, 9.17) is 11.1 Å². The Bertz CT molecular complexity index is 828. The summed E-state index contributed by atoms with van der Waals surface area (Å²) >= 11 is 1.86. The molecule has 0 spiro atoms. The Hall–Kier alpha value is -2.33. The van der Waals surface area contributed by atoms with Gasteiger partial charge in [-0.15, -0.1) is 0 Å². The van der Waals surface area contributed by atoms with Gasteiger partial charge in [-0.3, -0.25) is 5.41 Å². The molecule has 1 aliphatic heterocycles. The molecule has 164 valence electrons. The molecule has 30 heavy (non-hydrogen) atoms. The summed E-state index contributed by atoms with van der Waals surface area (Å²) in [5.41, 5.74) is 6.64. The van der Waals surface area contributed by atoms with E-state index in [1.807, 2.05) is 17.8 Å². The fraction of sp³-hybridized carbons (Fsp3) is 0.500. The molecule has 0 aromatic carbocycles. The average Bonchev–Trinajstić information content (AvgIpc) is 3.20. The Balaban J connectivity index is 0.000000735. The van der Waals surface area contributed by atoms with Gasteiger partial charge in [-0.2, -0.15) is 11.8 Å². The summed E-state index contributed by atoms with van der Waals surface area (Å²) in [4.78, 5) is 17.9. The van der Waals surface area contributed by atoms with Crippen molar-refractivity contribution >= 4 is 29.4 Å². The van der Waals surface area contributed by atoms with Crippen LogP contribution in [-0.2, 0) is 0 Å². The molecule has 2 aromatic rings. The first-order valence-electron chi connectivity index (χ1n) is 9.75. The van der Waals surface area contributed by atoms with Crippen LogP contribution in [0, 0.1) is 11.3 Å². The molecule has 0 radical (unpaired) electrons. The largest absolute Gasteiger partial charge is 0.355 e. The number of thioether (sulfide) groups is 1. The number of piperidine rings is 1. The number of halogens is 2. The molecule has 0 bridgehead atoms. The van der Waals surface area contributed by atoms with Crippen molar-refractivity contribution in [3.8, 4) is 11.4 Å². The third kappa shape index (κ3) is 7.17. The van der Waals surface area contributed by atoms with E-state index in [-0.39, 0.29) is 6.04 Å². The van der Waals surface area contributed by atoms with E-state index < -0.39 is 12.1 Å². The molecule has 3 rings (SSSR count). The van der Waals surface area contributed by atoms with E-state index in [0.717, 1.165) is 31.4 Å². The van der Waals surface area contributed by atoms with Crippen molar-refractivity contribution in [3.05, 3.63) is 30.5 Å². The molecule has 2 atom stereocenters. The molecule has 0 aliphatic carbocycles. The molecule has 2 aromatic heterocycles. The lowest BCUT2D eigenvalue weighted by Gasteiger charge is -2.35. The molecule has 0 amide bonds. The van der Waals surface area contributed by atoms with E-state index >= 15 is 0 Å². The van der Waals surface area contributed by atoms with Crippen LogP contribution in [-0.4, -0.2) is 63.2 Å². The van der Waals surface area contributed by atoms with Gasteiger partial charge in [0, 0.05) is 25.2 Å². The van der Waals surface area contributed by atoms with Gasteiger partial charge in [0.05, 0.1) is 23.3 Å². The lowest BCUT2D eigenvalue weighted by Crippen LogP contribution is -2.46. The Morgan fingerprint density at radius 2 is 2.13 bits per heavy atom. The maximum absolute atomic E-state index is 12.3. The Kier molecular flexibility index (Phi) is 9.38. The van der Waals surface area contributed by atoms with Crippen molar-refractivity contribution in [1.82, 2.24) is 19.9 Å². The zero-order valence-corrected chi connectivity index (χ0v) is 18.3. The van der Waals surface area contributed by atoms with E-state index in [2.05, 4.69) is 44.9 Å². The summed E-state index contributed by atoms with van der Waals surface area (Å²) in [7, 11) is 0. The van der Waals surface area contributed by atoms with Crippen LogP contribution in [0.2, 0.25) is 0 Å². The number of aromatic amines is 1. The lowest BCUT2D eigenvalue weighted by molar-refractivity contribution is 0.226.